The van der Waals surface area contributed by atoms with E-state index in [1.807, 2.05) is 11.3 Å². The second-order valence-corrected chi connectivity index (χ2v) is 9.30. The molecule has 0 radical (unpaired) electrons. The standard InChI is InChI=1S/C21H37N5OS/c1-4-22-21(23-14-18-6-5-9-25(3)16-18)24-15-19(20-8-7-17(2)28-20)26-10-12-27-13-11-26/h7-8,18-19H,4-6,9-16H2,1-3H3,(H2,22,23,24). The minimum Gasteiger partial charge on any atom is -0.379 e. The van der Waals surface area contributed by atoms with Crippen molar-refractivity contribution in [3.63, 3.8) is 0 Å². The van der Waals surface area contributed by atoms with E-state index in [1.165, 1.54) is 35.7 Å². The number of hydrogen-bond donors (Lipinski definition) is 2. The summed E-state index contributed by atoms with van der Waals surface area (Å²) in [6.45, 7) is 13.0. The summed E-state index contributed by atoms with van der Waals surface area (Å²) in [5.41, 5.74) is 0. The lowest BCUT2D eigenvalue weighted by atomic mass is 9.99. The average Bonchev–Trinajstić information content (AvgIpc) is 3.13. The van der Waals surface area contributed by atoms with Gasteiger partial charge in [0.05, 0.1) is 25.8 Å². The van der Waals surface area contributed by atoms with Crippen LogP contribution in [0.25, 0.3) is 0 Å². The predicted octanol–water partition coefficient (Wildman–Crippen LogP) is 2.33. The largest absolute Gasteiger partial charge is 0.379 e. The third-order valence-corrected chi connectivity index (χ3v) is 6.72. The highest BCUT2D eigenvalue weighted by Gasteiger charge is 2.24. The summed E-state index contributed by atoms with van der Waals surface area (Å²) in [4.78, 5) is 12.7. The molecule has 2 unspecified atom stereocenters. The molecule has 0 bridgehead atoms. The van der Waals surface area contributed by atoms with Crippen LogP contribution >= 0.6 is 11.3 Å². The topological polar surface area (TPSA) is 52.1 Å². The molecule has 2 N–H and O–H groups in total. The van der Waals surface area contributed by atoms with Crippen molar-refractivity contribution >= 4 is 17.3 Å². The number of nitrogens with zero attached hydrogens (tertiary/aromatic N) is 3. The van der Waals surface area contributed by atoms with Crippen LogP contribution in [0.4, 0.5) is 0 Å². The summed E-state index contributed by atoms with van der Waals surface area (Å²) < 4.78 is 5.57. The lowest BCUT2D eigenvalue weighted by Crippen LogP contribution is -2.44. The van der Waals surface area contributed by atoms with E-state index in [-0.39, 0.29) is 0 Å². The van der Waals surface area contributed by atoms with E-state index in [4.69, 9.17) is 9.73 Å². The Labute approximate surface area is 174 Å². The van der Waals surface area contributed by atoms with Crippen molar-refractivity contribution < 1.29 is 4.74 Å². The Morgan fingerprint density at radius 1 is 1.29 bits per heavy atom. The first-order valence-electron chi connectivity index (χ1n) is 10.7. The van der Waals surface area contributed by atoms with Crippen LogP contribution in [0.2, 0.25) is 0 Å². The SMILES string of the molecule is CCNC(=NCC(c1ccc(C)s1)N1CCOCC1)NCC1CCCN(C)C1. The molecule has 2 aliphatic rings. The Morgan fingerprint density at radius 2 is 2.11 bits per heavy atom. The molecule has 2 atom stereocenters. The Kier molecular flexibility index (Phi) is 8.58. The molecule has 1 aromatic rings. The molecular formula is C21H37N5OS. The predicted molar refractivity (Wildman–Crippen MR) is 118 cm³/mol. The number of thiophene rings is 1. The maximum Gasteiger partial charge on any atom is 0.191 e. The van der Waals surface area contributed by atoms with Gasteiger partial charge in [-0.05, 0) is 58.3 Å². The molecular weight excluding hydrogens is 370 g/mol. The van der Waals surface area contributed by atoms with Gasteiger partial charge in [0.2, 0.25) is 0 Å². The molecule has 3 heterocycles. The van der Waals surface area contributed by atoms with Crippen molar-refractivity contribution in [2.75, 3.05) is 66.1 Å². The average molecular weight is 408 g/mol. The number of nitrogens with one attached hydrogen (secondary N) is 2. The number of hydrogen-bond acceptors (Lipinski definition) is 5. The molecule has 2 aliphatic heterocycles. The number of piperidine rings is 1. The summed E-state index contributed by atoms with van der Waals surface area (Å²) in [6.07, 6.45) is 2.61. The fraction of sp³-hybridized carbons (Fsp3) is 0.762. The van der Waals surface area contributed by atoms with Gasteiger partial charge in [-0.3, -0.25) is 9.89 Å². The molecule has 0 amide bonds. The number of rotatable bonds is 7. The number of ether oxygens (including phenoxy) is 1. The molecule has 7 heteroatoms. The first-order valence-corrected chi connectivity index (χ1v) is 11.6. The second kappa shape index (κ2) is 11.1. The van der Waals surface area contributed by atoms with Crippen LogP contribution < -0.4 is 10.6 Å². The monoisotopic (exact) mass is 407 g/mol. The van der Waals surface area contributed by atoms with Crippen LogP contribution in [0.15, 0.2) is 17.1 Å². The molecule has 0 spiro atoms. The van der Waals surface area contributed by atoms with E-state index >= 15 is 0 Å². The van der Waals surface area contributed by atoms with E-state index in [1.54, 1.807) is 0 Å². The second-order valence-electron chi connectivity index (χ2n) is 7.98. The number of likely N-dealkylation sites (tertiary alicyclic amines) is 1. The molecule has 158 valence electrons. The van der Waals surface area contributed by atoms with Crippen molar-refractivity contribution in [1.82, 2.24) is 20.4 Å². The summed E-state index contributed by atoms with van der Waals surface area (Å²) >= 11 is 1.89. The molecule has 6 nitrogen and oxygen atoms in total. The highest BCUT2D eigenvalue weighted by atomic mass is 32.1. The first kappa shape index (κ1) is 21.6. The van der Waals surface area contributed by atoms with Crippen molar-refractivity contribution in [2.24, 2.45) is 10.9 Å². The van der Waals surface area contributed by atoms with Gasteiger partial charge in [0.1, 0.15) is 0 Å². The summed E-state index contributed by atoms with van der Waals surface area (Å²) in [5, 5.41) is 7.03. The molecule has 2 fully saturated rings. The smallest absolute Gasteiger partial charge is 0.191 e. The highest BCUT2D eigenvalue weighted by molar-refractivity contribution is 7.12. The zero-order chi connectivity index (χ0) is 19.8. The zero-order valence-corrected chi connectivity index (χ0v) is 18.6. The van der Waals surface area contributed by atoms with Crippen LogP contribution in [0, 0.1) is 12.8 Å². The van der Waals surface area contributed by atoms with Gasteiger partial charge in [-0.1, -0.05) is 0 Å². The van der Waals surface area contributed by atoms with Crippen LogP contribution in [0.3, 0.4) is 0 Å². The summed E-state index contributed by atoms with van der Waals surface area (Å²) in [5.74, 6) is 1.65. The Morgan fingerprint density at radius 3 is 2.79 bits per heavy atom. The van der Waals surface area contributed by atoms with Gasteiger partial charge in [-0.25, -0.2) is 0 Å². The maximum atomic E-state index is 5.57. The van der Waals surface area contributed by atoms with E-state index in [0.717, 1.165) is 51.9 Å². The molecule has 0 aliphatic carbocycles. The van der Waals surface area contributed by atoms with Crippen molar-refractivity contribution in [1.29, 1.82) is 0 Å². The summed E-state index contributed by atoms with van der Waals surface area (Å²) in [7, 11) is 2.22. The van der Waals surface area contributed by atoms with Gasteiger partial charge < -0.3 is 20.3 Å². The van der Waals surface area contributed by atoms with Crippen molar-refractivity contribution in [2.45, 2.75) is 32.7 Å². The Balaban J connectivity index is 1.63. The molecule has 2 saturated heterocycles. The van der Waals surface area contributed by atoms with Gasteiger partial charge in [0.15, 0.2) is 5.96 Å². The van der Waals surface area contributed by atoms with Crippen LogP contribution in [-0.2, 0) is 4.74 Å². The highest BCUT2D eigenvalue weighted by Crippen LogP contribution is 2.28. The molecule has 0 aromatic carbocycles. The van der Waals surface area contributed by atoms with Crippen molar-refractivity contribution in [3.05, 3.63) is 21.9 Å². The number of morpholine rings is 1. The minimum atomic E-state index is 0.332. The third kappa shape index (κ3) is 6.44. The van der Waals surface area contributed by atoms with Crippen LogP contribution in [0.1, 0.15) is 35.6 Å². The van der Waals surface area contributed by atoms with Gasteiger partial charge in [0, 0.05) is 42.5 Å². The Bertz CT molecular complexity index is 614. The molecule has 28 heavy (non-hydrogen) atoms. The quantitative estimate of drug-likeness (QED) is 0.537. The van der Waals surface area contributed by atoms with E-state index in [2.05, 4.69) is 53.5 Å². The van der Waals surface area contributed by atoms with Crippen molar-refractivity contribution in [3.8, 4) is 0 Å². The van der Waals surface area contributed by atoms with Gasteiger partial charge in [-0.15, -0.1) is 11.3 Å². The van der Waals surface area contributed by atoms with Gasteiger partial charge in [-0.2, -0.15) is 0 Å². The zero-order valence-electron chi connectivity index (χ0n) is 17.7. The minimum absolute atomic E-state index is 0.332. The van der Waals surface area contributed by atoms with Crippen LogP contribution in [-0.4, -0.2) is 81.8 Å². The van der Waals surface area contributed by atoms with Gasteiger partial charge >= 0.3 is 0 Å². The third-order valence-electron chi connectivity index (χ3n) is 5.62. The number of aliphatic imine (C=N–C) groups is 1. The van der Waals surface area contributed by atoms with Crippen LogP contribution in [0.5, 0.6) is 0 Å². The van der Waals surface area contributed by atoms with Gasteiger partial charge in [0.25, 0.3) is 0 Å². The van der Waals surface area contributed by atoms with E-state index in [9.17, 15) is 0 Å². The number of guanidine groups is 1. The molecule has 1 aromatic heterocycles. The lowest BCUT2D eigenvalue weighted by Gasteiger charge is -2.33. The summed E-state index contributed by atoms with van der Waals surface area (Å²) in [6, 6.07) is 4.83. The fourth-order valence-electron chi connectivity index (χ4n) is 4.11. The van der Waals surface area contributed by atoms with E-state index < -0.39 is 0 Å². The number of aryl methyl sites for hydroxylation is 1. The van der Waals surface area contributed by atoms with E-state index in [0.29, 0.717) is 12.0 Å². The lowest BCUT2D eigenvalue weighted by molar-refractivity contribution is 0.0186. The first-order chi connectivity index (χ1) is 13.7. The Hall–Kier alpha value is -1.15. The normalized spacial score (nSPS) is 23.5. The maximum absolute atomic E-state index is 5.57. The molecule has 3 rings (SSSR count). The molecule has 0 saturated carbocycles. The fourth-order valence-corrected chi connectivity index (χ4v) is 5.11.